The number of rotatable bonds is 6. The van der Waals surface area contributed by atoms with E-state index < -0.39 is 5.54 Å². The molecule has 27 heavy (non-hydrogen) atoms. The van der Waals surface area contributed by atoms with Crippen molar-refractivity contribution in [2.45, 2.75) is 25.9 Å². The largest absolute Gasteiger partial charge is 0.462 e. The normalized spacial score (nSPS) is 12.9. The lowest BCUT2D eigenvalue weighted by atomic mass is 9.91. The molecular weight excluding hydrogens is 336 g/mol. The Kier molecular flexibility index (Phi) is 5.54. The number of fused-ring (bicyclic) bond motifs is 1. The van der Waals surface area contributed by atoms with Crippen molar-refractivity contribution >= 4 is 16.7 Å². The molecular formula is C23H22N2O2. The van der Waals surface area contributed by atoms with Crippen molar-refractivity contribution in [3.63, 3.8) is 0 Å². The van der Waals surface area contributed by atoms with Gasteiger partial charge in [0.05, 0.1) is 18.2 Å². The second kappa shape index (κ2) is 8.03. The molecule has 4 nitrogen and oxygen atoms in total. The maximum absolute atomic E-state index is 11.7. The molecule has 0 fully saturated rings. The van der Waals surface area contributed by atoms with E-state index in [-0.39, 0.29) is 5.97 Å². The second-order valence-electron chi connectivity index (χ2n) is 6.57. The van der Waals surface area contributed by atoms with Crippen LogP contribution in [0.1, 0.15) is 35.3 Å². The highest BCUT2D eigenvalue weighted by Gasteiger charge is 2.25. The van der Waals surface area contributed by atoms with Crippen molar-refractivity contribution < 1.29 is 9.53 Å². The molecule has 0 aromatic heterocycles. The van der Waals surface area contributed by atoms with Crippen molar-refractivity contribution in [2.24, 2.45) is 0 Å². The van der Waals surface area contributed by atoms with Gasteiger partial charge in [-0.05, 0) is 53.9 Å². The summed E-state index contributed by atoms with van der Waals surface area (Å²) in [5.74, 6) is -0.324. The van der Waals surface area contributed by atoms with Crippen LogP contribution >= 0.6 is 0 Å². The third-order valence-electron chi connectivity index (χ3n) is 4.66. The maximum Gasteiger partial charge on any atom is 0.338 e. The quantitative estimate of drug-likeness (QED) is 0.657. The van der Waals surface area contributed by atoms with E-state index in [2.05, 4.69) is 23.5 Å². The van der Waals surface area contributed by atoms with Gasteiger partial charge in [0.15, 0.2) is 0 Å². The topological polar surface area (TPSA) is 62.1 Å². The van der Waals surface area contributed by atoms with Crippen LogP contribution < -0.4 is 5.32 Å². The van der Waals surface area contributed by atoms with Gasteiger partial charge in [0.25, 0.3) is 0 Å². The van der Waals surface area contributed by atoms with Gasteiger partial charge in [-0.2, -0.15) is 5.26 Å². The van der Waals surface area contributed by atoms with Gasteiger partial charge in [-0.15, -0.1) is 0 Å². The molecule has 0 saturated heterocycles. The van der Waals surface area contributed by atoms with E-state index in [0.717, 1.165) is 21.9 Å². The number of benzene rings is 3. The summed E-state index contributed by atoms with van der Waals surface area (Å²) in [7, 11) is 0. The minimum atomic E-state index is -0.816. The van der Waals surface area contributed by atoms with Crippen molar-refractivity contribution in [3.05, 3.63) is 83.4 Å². The third-order valence-corrected chi connectivity index (χ3v) is 4.66. The van der Waals surface area contributed by atoms with Crippen molar-refractivity contribution in [1.29, 1.82) is 5.26 Å². The molecule has 3 rings (SSSR count). The Labute approximate surface area is 159 Å². The molecule has 0 aliphatic rings. The highest BCUT2D eigenvalue weighted by Crippen LogP contribution is 2.25. The molecule has 4 heteroatoms. The summed E-state index contributed by atoms with van der Waals surface area (Å²) in [6, 6.07) is 23.8. The molecule has 0 aliphatic carbocycles. The molecule has 3 aromatic carbocycles. The van der Waals surface area contributed by atoms with Crippen LogP contribution in [0.3, 0.4) is 0 Å². The summed E-state index contributed by atoms with van der Waals surface area (Å²) in [5, 5.41) is 15.4. The molecule has 0 radical (unpaired) electrons. The van der Waals surface area contributed by atoms with E-state index in [1.165, 1.54) is 0 Å². The summed E-state index contributed by atoms with van der Waals surface area (Å²) in [5.41, 5.74) is 1.62. The molecule has 0 saturated carbocycles. The third kappa shape index (κ3) is 4.16. The molecule has 3 aromatic rings. The number of nitriles is 1. The zero-order valence-corrected chi connectivity index (χ0v) is 15.5. The van der Waals surface area contributed by atoms with Gasteiger partial charge in [-0.25, -0.2) is 4.79 Å². The SMILES string of the molecule is CCOC(=O)c1ccc(CNC(C)(C#N)c2ccc3ccccc3c2)cc1. The monoisotopic (exact) mass is 358 g/mol. The Balaban J connectivity index is 1.75. The van der Waals surface area contributed by atoms with Crippen molar-refractivity contribution in [1.82, 2.24) is 5.32 Å². The smallest absolute Gasteiger partial charge is 0.338 e. The molecule has 1 unspecified atom stereocenters. The van der Waals surface area contributed by atoms with Gasteiger partial charge >= 0.3 is 5.97 Å². The van der Waals surface area contributed by atoms with Gasteiger partial charge in [-0.1, -0.05) is 48.5 Å². The van der Waals surface area contributed by atoms with Gasteiger partial charge < -0.3 is 4.74 Å². The number of hydrogen-bond acceptors (Lipinski definition) is 4. The Bertz CT molecular complexity index is 989. The average molecular weight is 358 g/mol. The number of carbonyl (C=O) groups excluding carboxylic acids is 1. The lowest BCUT2D eigenvalue weighted by Crippen LogP contribution is -2.37. The summed E-state index contributed by atoms with van der Waals surface area (Å²) in [6.45, 7) is 4.53. The van der Waals surface area contributed by atoms with E-state index >= 15 is 0 Å². The number of carbonyl (C=O) groups is 1. The van der Waals surface area contributed by atoms with Gasteiger partial charge in [0.1, 0.15) is 5.54 Å². The number of ether oxygens (including phenoxy) is 1. The molecule has 1 N–H and O–H groups in total. The molecule has 0 heterocycles. The van der Waals surface area contributed by atoms with Crippen LogP contribution in [0.25, 0.3) is 10.8 Å². The fourth-order valence-electron chi connectivity index (χ4n) is 2.96. The van der Waals surface area contributed by atoms with E-state index in [4.69, 9.17) is 4.74 Å². The predicted molar refractivity (Wildman–Crippen MR) is 106 cm³/mol. The lowest BCUT2D eigenvalue weighted by Gasteiger charge is -2.24. The van der Waals surface area contributed by atoms with Crippen LogP contribution in [0.15, 0.2) is 66.7 Å². The fourth-order valence-corrected chi connectivity index (χ4v) is 2.96. The van der Waals surface area contributed by atoms with Crippen molar-refractivity contribution in [2.75, 3.05) is 6.61 Å². The fraction of sp³-hybridized carbons (Fsp3) is 0.217. The molecule has 1 atom stereocenters. The van der Waals surface area contributed by atoms with Crippen LogP contribution in [0.2, 0.25) is 0 Å². The Hall–Kier alpha value is -3.16. The van der Waals surface area contributed by atoms with Gasteiger partial charge in [0.2, 0.25) is 0 Å². The van der Waals surface area contributed by atoms with Gasteiger partial charge in [-0.3, -0.25) is 5.32 Å². The Morgan fingerprint density at radius 3 is 2.44 bits per heavy atom. The molecule has 0 spiro atoms. The Morgan fingerprint density at radius 2 is 1.78 bits per heavy atom. The minimum absolute atomic E-state index is 0.324. The predicted octanol–water partition coefficient (Wildman–Crippen LogP) is 4.55. The standard InChI is InChI=1S/C23H22N2O2/c1-3-27-22(26)19-10-8-17(9-11-19)15-25-23(2,16-24)21-13-12-18-6-4-5-7-20(18)14-21/h4-14,25H,3,15H2,1-2H3. The Morgan fingerprint density at radius 1 is 1.07 bits per heavy atom. The van der Waals surface area contributed by atoms with Crippen LogP contribution in [-0.2, 0) is 16.8 Å². The summed E-state index contributed by atoms with van der Waals surface area (Å²) in [6.07, 6.45) is 0. The highest BCUT2D eigenvalue weighted by molar-refractivity contribution is 5.89. The van der Waals surface area contributed by atoms with Crippen LogP contribution in [-0.4, -0.2) is 12.6 Å². The van der Waals surface area contributed by atoms with E-state index in [9.17, 15) is 10.1 Å². The van der Waals surface area contributed by atoms with E-state index in [1.54, 1.807) is 19.1 Å². The number of nitrogens with zero attached hydrogens (tertiary/aromatic N) is 1. The van der Waals surface area contributed by atoms with Crippen LogP contribution in [0, 0.1) is 11.3 Å². The summed E-state index contributed by atoms with van der Waals surface area (Å²) in [4.78, 5) is 11.7. The van der Waals surface area contributed by atoms with E-state index in [0.29, 0.717) is 18.7 Å². The first-order valence-electron chi connectivity index (χ1n) is 8.97. The first-order valence-corrected chi connectivity index (χ1v) is 8.97. The molecule has 0 amide bonds. The zero-order chi connectivity index (χ0) is 19.3. The first kappa shape index (κ1) is 18.6. The summed E-state index contributed by atoms with van der Waals surface area (Å²) < 4.78 is 4.99. The zero-order valence-electron chi connectivity index (χ0n) is 15.5. The average Bonchev–Trinajstić information content (AvgIpc) is 2.72. The first-order chi connectivity index (χ1) is 13.1. The minimum Gasteiger partial charge on any atom is -0.462 e. The lowest BCUT2D eigenvalue weighted by molar-refractivity contribution is 0.0526. The van der Waals surface area contributed by atoms with Gasteiger partial charge in [0, 0.05) is 6.54 Å². The van der Waals surface area contributed by atoms with Crippen molar-refractivity contribution in [3.8, 4) is 6.07 Å². The molecule has 0 aliphatic heterocycles. The van der Waals surface area contributed by atoms with Crippen LogP contribution in [0.4, 0.5) is 0 Å². The van der Waals surface area contributed by atoms with E-state index in [1.807, 2.05) is 49.4 Å². The maximum atomic E-state index is 11.7. The van der Waals surface area contributed by atoms with Crippen LogP contribution in [0.5, 0.6) is 0 Å². The number of nitrogens with one attached hydrogen (secondary N) is 1. The number of hydrogen-bond donors (Lipinski definition) is 1. The summed E-state index contributed by atoms with van der Waals surface area (Å²) >= 11 is 0. The number of esters is 1. The molecule has 0 bridgehead atoms. The second-order valence-corrected chi connectivity index (χ2v) is 6.57. The molecule has 136 valence electrons. The highest BCUT2D eigenvalue weighted by atomic mass is 16.5.